The average molecular weight is 459 g/mol. The number of benzene rings is 2. The number of hydrogen-bond donors (Lipinski definition) is 0. The van der Waals surface area contributed by atoms with Gasteiger partial charge in [-0.15, -0.1) is 0 Å². The van der Waals surface area contributed by atoms with E-state index in [2.05, 4.69) is 0 Å². The molecule has 1 fully saturated rings. The maximum Gasteiger partial charge on any atom is 0.339 e. The Balaban J connectivity index is 1.41. The largest absolute Gasteiger partial charge is 0.454 e. The van der Waals surface area contributed by atoms with Crippen LogP contribution in [0.3, 0.4) is 0 Å². The van der Waals surface area contributed by atoms with Gasteiger partial charge in [-0.2, -0.15) is 0 Å². The number of fused-ring (bicyclic) bond motifs is 1. The fraction of sp³-hybridized carbons (Fsp3) is 0.200. The Morgan fingerprint density at radius 2 is 1.53 bits per heavy atom. The lowest BCUT2D eigenvalue weighted by molar-refractivity contribution is -0.139. The number of aryl methyl sites for hydroxylation is 2. The van der Waals surface area contributed by atoms with E-state index in [9.17, 15) is 19.2 Å². The molecule has 0 bridgehead atoms. The molecule has 3 heterocycles. The Kier molecular flexibility index (Phi) is 4.97. The SMILES string of the molecule is Cc1ccc(N2C(=O)C(=O)N(CC(=O)c3cc(C)n(-c4ccc5c(c4)OCO5)c3C)C2=O)cc1. The number of carbonyl (C=O) groups is 4. The van der Waals surface area contributed by atoms with Gasteiger partial charge in [0.05, 0.1) is 12.2 Å². The fourth-order valence-corrected chi connectivity index (χ4v) is 4.26. The van der Waals surface area contributed by atoms with Crippen molar-refractivity contribution in [3.05, 3.63) is 71.0 Å². The summed E-state index contributed by atoms with van der Waals surface area (Å²) in [6.45, 7) is 5.12. The topological polar surface area (TPSA) is 98.2 Å². The van der Waals surface area contributed by atoms with Gasteiger partial charge in [-0.3, -0.25) is 14.4 Å². The monoisotopic (exact) mass is 459 g/mol. The molecule has 2 aromatic carbocycles. The Morgan fingerprint density at radius 1 is 0.853 bits per heavy atom. The number of ether oxygens (including phenoxy) is 2. The molecule has 0 spiro atoms. The van der Waals surface area contributed by atoms with Crippen molar-refractivity contribution in [2.75, 3.05) is 18.2 Å². The second-order valence-corrected chi connectivity index (χ2v) is 8.23. The molecule has 9 heteroatoms. The highest BCUT2D eigenvalue weighted by atomic mass is 16.7. The van der Waals surface area contributed by atoms with Crippen molar-refractivity contribution in [3.8, 4) is 17.2 Å². The summed E-state index contributed by atoms with van der Waals surface area (Å²) in [4.78, 5) is 52.6. The van der Waals surface area contributed by atoms with Crippen LogP contribution in [-0.2, 0) is 9.59 Å². The van der Waals surface area contributed by atoms with Crippen LogP contribution in [0.1, 0.15) is 27.3 Å². The third-order valence-corrected chi connectivity index (χ3v) is 5.99. The van der Waals surface area contributed by atoms with E-state index >= 15 is 0 Å². The third-order valence-electron chi connectivity index (χ3n) is 5.99. The van der Waals surface area contributed by atoms with E-state index in [0.717, 1.165) is 21.8 Å². The number of hydrogen-bond acceptors (Lipinski definition) is 6. The van der Waals surface area contributed by atoms with Crippen molar-refractivity contribution in [1.29, 1.82) is 0 Å². The second kappa shape index (κ2) is 7.87. The summed E-state index contributed by atoms with van der Waals surface area (Å²) in [6.07, 6.45) is 0. The summed E-state index contributed by atoms with van der Waals surface area (Å²) in [5.41, 5.74) is 3.80. The van der Waals surface area contributed by atoms with Gasteiger partial charge < -0.3 is 14.0 Å². The fourth-order valence-electron chi connectivity index (χ4n) is 4.26. The number of nitrogens with zero attached hydrogens (tertiary/aromatic N) is 3. The van der Waals surface area contributed by atoms with Crippen LogP contribution in [0.4, 0.5) is 10.5 Å². The standard InChI is InChI=1S/C25H21N3O6/c1-14-4-6-17(7-5-14)28-24(31)23(30)26(25(28)32)12-20(29)19-10-15(2)27(16(19)3)18-8-9-21-22(11-18)34-13-33-21/h4-11H,12-13H2,1-3H3. The minimum atomic E-state index is -1.02. The van der Waals surface area contributed by atoms with Crippen molar-refractivity contribution in [1.82, 2.24) is 9.47 Å². The number of urea groups is 1. The molecule has 2 aliphatic heterocycles. The quantitative estimate of drug-likeness (QED) is 0.330. The van der Waals surface area contributed by atoms with E-state index in [1.165, 1.54) is 0 Å². The van der Waals surface area contributed by atoms with Gasteiger partial charge in [-0.05, 0) is 51.1 Å². The van der Waals surface area contributed by atoms with Gasteiger partial charge in [0.25, 0.3) is 0 Å². The minimum absolute atomic E-state index is 0.155. The van der Waals surface area contributed by atoms with Crippen LogP contribution in [0.5, 0.6) is 11.5 Å². The zero-order chi connectivity index (χ0) is 24.1. The number of rotatable bonds is 5. The number of carbonyl (C=O) groups excluding carboxylic acids is 4. The molecule has 1 saturated heterocycles. The molecule has 0 atom stereocenters. The van der Waals surface area contributed by atoms with Crippen LogP contribution in [0, 0.1) is 20.8 Å². The first-order valence-electron chi connectivity index (χ1n) is 10.6. The van der Waals surface area contributed by atoms with E-state index in [-0.39, 0.29) is 12.5 Å². The maximum atomic E-state index is 13.2. The zero-order valence-electron chi connectivity index (χ0n) is 18.8. The van der Waals surface area contributed by atoms with Crippen LogP contribution in [-0.4, -0.2) is 46.4 Å². The summed E-state index contributed by atoms with van der Waals surface area (Å²) in [6, 6.07) is 13.0. The molecule has 0 N–H and O–H groups in total. The van der Waals surface area contributed by atoms with Gasteiger partial charge in [0.15, 0.2) is 17.3 Å². The molecule has 9 nitrogen and oxygen atoms in total. The Labute approximate surface area is 195 Å². The van der Waals surface area contributed by atoms with Crippen molar-refractivity contribution in [2.45, 2.75) is 20.8 Å². The number of amides is 4. The van der Waals surface area contributed by atoms with E-state index in [4.69, 9.17) is 9.47 Å². The van der Waals surface area contributed by atoms with Gasteiger partial charge in [0.1, 0.15) is 0 Å². The van der Waals surface area contributed by atoms with Crippen LogP contribution in [0.15, 0.2) is 48.5 Å². The lowest BCUT2D eigenvalue weighted by atomic mass is 10.1. The molecule has 4 amide bonds. The minimum Gasteiger partial charge on any atom is -0.454 e. The highest BCUT2D eigenvalue weighted by Crippen LogP contribution is 2.35. The number of ketones is 1. The Bertz CT molecular complexity index is 1370. The van der Waals surface area contributed by atoms with E-state index in [0.29, 0.717) is 27.7 Å². The summed E-state index contributed by atoms with van der Waals surface area (Å²) >= 11 is 0. The number of Topliss-reactive ketones (excluding diaryl/α,β-unsaturated/α-hetero) is 1. The Morgan fingerprint density at radius 3 is 2.26 bits per heavy atom. The van der Waals surface area contributed by atoms with Gasteiger partial charge in [-0.1, -0.05) is 17.7 Å². The van der Waals surface area contributed by atoms with Crippen LogP contribution >= 0.6 is 0 Å². The summed E-state index contributed by atoms with van der Waals surface area (Å²) in [5.74, 6) is -1.19. The summed E-state index contributed by atoms with van der Waals surface area (Å²) < 4.78 is 12.7. The van der Waals surface area contributed by atoms with Crippen LogP contribution < -0.4 is 14.4 Å². The van der Waals surface area contributed by atoms with Crippen molar-refractivity contribution < 1.29 is 28.7 Å². The molecular formula is C25H21N3O6. The summed E-state index contributed by atoms with van der Waals surface area (Å²) in [5, 5.41) is 0. The van der Waals surface area contributed by atoms with E-state index < -0.39 is 30.2 Å². The maximum absolute atomic E-state index is 13.2. The second-order valence-electron chi connectivity index (χ2n) is 8.23. The van der Waals surface area contributed by atoms with Crippen LogP contribution in [0.25, 0.3) is 5.69 Å². The summed E-state index contributed by atoms with van der Waals surface area (Å²) in [7, 11) is 0. The lowest BCUT2D eigenvalue weighted by Crippen LogP contribution is -2.37. The molecule has 0 unspecified atom stereocenters. The first-order chi connectivity index (χ1) is 16.3. The smallest absolute Gasteiger partial charge is 0.339 e. The first kappa shape index (κ1) is 21.4. The van der Waals surface area contributed by atoms with E-state index in [1.54, 1.807) is 43.3 Å². The Hall–Kier alpha value is -4.40. The molecule has 34 heavy (non-hydrogen) atoms. The molecule has 0 aliphatic carbocycles. The predicted molar refractivity (Wildman–Crippen MR) is 121 cm³/mol. The normalized spacial score (nSPS) is 15.0. The molecule has 0 saturated carbocycles. The highest BCUT2D eigenvalue weighted by Gasteiger charge is 2.46. The predicted octanol–water partition coefficient (Wildman–Crippen LogP) is 3.31. The van der Waals surface area contributed by atoms with Crippen molar-refractivity contribution in [3.63, 3.8) is 0 Å². The van der Waals surface area contributed by atoms with Gasteiger partial charge in [0.2, 0.25) is 6.79 Å². The zero-order valence-corrected chi connectivity index (χ0v) is 18.8. The molecule has 3 aromatic rings. The average Bonchev–Trinajstić information content (AvgIpc) is 3.46. The van der Waals surface area contributed by atoms with Gasteiger partial charge in [-0.25, -0.2) is 14.6 Å². The molecular weight excluding hydrogens is 438 g/mol. The van der Waals surface area contributed by atoms with Gasteiger partial charge in [0, 0.05) is 28.7 Å². The first-order valence-corrected chi connectivity index (χ1v) is 10.6. The molecule has 172 valence electrons. The molecule has 5 rings (SSSR count). The van der Waals surface area contributed by atoms with E-state index in [1.807, 2.05) is 30.5 Å². The lowest BCUT2D eigenvalue weighted by Gasteiger charge is -2.15. The van der Waals surface area contributed by atoms with Crippen molar-refractivity contribution in [2.24, 2.45) is 0 Å². The molecule has 1 aromatic heterocycles. The number of imide groups is 2. The molecule has 0 radical (unpaired) electrons. The van der Waals surface area contributed by atoms with Crippen LogP contribution in [0.2, 0.25) is 0 Å². The molecule has 2 aliphatic rings. The third kappa shape index (κ3) is 3.33. The van der Waals surface area contributed by atoms with Crippen molar-refractivity contribution >= 4 is 29.3 Å². The number of aromatic nitrogens is 1. The number of anilines is 1. The van der Waals surface area contributed by atoms with Gasteiger partial charge >= 0.3 is 17.8 Å². The highest BCUT2D eigenvalue weighted by molar-refractivity contribution is 6.53.